The number of nitrogens with zero attached hydrogens (tertiary/aromatic N) is 4. The number of carbonyl (C=O) groups excluding carboxylic acids is 1. The van der Waals surface area contributed by atoms with Crippen molar-refractivity contribution in [2.24, 2.45) is 0 Å². The van der Waals surface area contributed by atoms with E-state index in [2.05, 4.69) is 25.7 Å². The summed E-state index contributed by atoms with van der Waals surface area (Å²) in [6.45, 7) is 2.24. The lowest BCUT2D eigenvalue weighted by Gasteiger charge is -2.17. The molecule has 1 aliphatic rings. The molecule has 0 bridgehead atoms. The zero-order valence-corrected chi connectivity index (χ0v) is 12.3. The fraction of sp³-hybridized carbons (Fsp3) is 0.538. The maximum Gasteiger partial charge on any atom is 0.453 e. The van der Waals surface area contributed by atoms with Crippen LogP contribution in [0.2, 0.25) is 0 Å². The topological polar surface area (TPSA) is 84.2 Å². The van der Waals surface area contributed by atoms with Crippen LogP contribution in [0.4, 0.5) is 19.0 Å². The molecule has 1 unspecified atom stereocenters. The number of carbonyl (C=O) groups is 1. The van der Waals surface area contributed by atoms with Gasteiger partial charge in [-0.05, 0) is 26.2 Å². The molecular formula is C13H15F3N6O. The number of rotatable bonds is 2. The normalized spacial score (nSPS) is 19.5. The molecule has 10 heteroatoms. The molecule has 0 spiro atoms. The maximum atomic E-state index is 12.8. The summed E-state index contributed by atoms with van der Waals surface area (Å²) in [5.74, 6) is -1.34. The summed E-state index contributed by atoms with van der Waals surface area (Å²) in [4.78, 5) is 19.4. The lowest BCUT2D eigenvalue weighted by Crippen LogP contribution is -2.38. The van der Waals surface area contributed by atoms with Crippen LogP contribution >= 0.6 is 0 Å². The molecule has 23 heavy (non-hydrogen) atoms. The van der Waals surface area contributed by atoms with Crippen molar-refractivity contribution in [2.75, 3.05) is 11.9 Å². The van der Waals surface area contributed by atoms with E-state index in [0.29, 0.717) is 18.7 Å². The first-order valence-electron chi connectivity index (χ1n) is 7.20. The predicted molar refractivity (Wildman–Crippen MR) is 74.8 cm³/mol. The molecule has 3 heterocycles. The van der Waals surface area contributed by atoms with Gasteiger partial charge in [-0.1, -0.05) is 0 Å². The van der Waals surface area contributed by atoms with Crippen molar-refractivity contribution in [3.63, 3.8) is 0 Å². The summed E-state index contributed by atoms with van der Waals surface area (Å²) in [5.41, 5.74) is 0.482. The minimum Gasteiger partial charge on any atom is -0.358 e. The highest BCUT2D eigenvalue weighted by Crippen LogP contribution is 2.27. The molecule has 0 aliphatic carbocycles. The van der Waals surface area contributed by atoms with Gasteiger partial charge in [0.25, 0.3) is 11.6 Å². The molecule has 1 amide bonds. The number of aryl methyl sites for hydroxylation is 1. The fourth-order valence-corrected chi connectivity index (χ4v) is 2.47. The van der Waals surface area contributed by atoms with Crippen LogP contribution in [-0.2, 0) is 11.0 Å². The molecule has 2 N–H and O–H groups in total. The summed E-state index contributed by atoms with van der Waals surface area (Å²) in [7, 11) is 0. The lowest BCUT2D eigenvalue weighted by molar-refractivity contribution is -0.144. The highest BCUT2D eigenvalue weighted by molar-refractivity contribution is 5.84. The first-order chi connectivity index (χ1) is 10.8. The van der Waals surface area contributed by atoms with E-state index in [1.54, 1.807) is 13.0 Å². The van der Waals surface area contributed by atoms with Gasteiger partial charge in [0.2, 0.25) is 5.91 Å². The van der Waals surface area contributed by atoms with Crippen LogP contribution in [0.1, 0.15) is 30.8 Å². The molecule has 1 atom stereocenters. The van der Waals surface area contributed by atoms with Crippen molar-refractivity contribution < 1.29 is 18.0 Å². The number of fused-ring (bicyclic) bond motifs is 1. The van der Waals surface area contributed by atoms with Gasteiger partial charge in [0, 0.05) is 18.3 Å². The number of halogens is 3. The van der Waals surface area contributed by atoms with Gasteiger partial charge >= 0.3 is 6.18 Å². The number of anilines is 1. The minimum atomic E-state index is -4.65. The van der Waals surface area contributed by atoms with Gasteiger partial charge < -0.3 is 10.6 Å². The van der Waals surface area contributed by atoms with E-state index in [0.717, 1.165) is 17.4 Å². The third kappa shape index (κ3) is 3.20. The molecule has 0 saturated carbocycles. The van der Waals surface area contributed by atoms with E-state index in [9.17, 15) is 18.0 Å². The second kappa shape index (κ2) is 5.67. The number of hydrogen-bond acceptors (Lipinski definition) is 5. The molecule has 1 saturated heterocycles. The van der Waals surface area contributed by atoms with E-state index < -0.39 is 18.0 Å². The van der Waals surface area contributed by atoms with Crippen LogP contribution < -0.4 is 10.6 Å². The molecule has 1 fully saturated rings. The molecule has 2 aromatic heterocycles. The Hall–Kier alpha value is -2.39. The van der Waals surface area contributed by atoms with E-state index in [1.807, 2.05) is 0 Å². The van der Waals surface area contributed by atoms with Crippen LogP contribution in [0, 0.1) is 6.92 Å². The van der Waals surface area contributed by atoms with E-state index in [1.165, 1.54) is 0 Å². The van der Waals surface area contributed by atoms with Gasteiger partial charge in [-0.25, -0.2) is 4.98 Å². The van der Waals surface area contributed by atoms with Gasteiger partial charge in [0.1, 0.15) is 11.9 Å². The van der Waals surface area contributed by atoms with Crippen LogP contribution in [0.3, 0.4) is 0 Å². The highest BCUT2D eigenvalue weighted by atomic mass is 19.4. The Morgan fingerprint density at radius 1 is 1.35 bits per heavy atom. The molecule has 124 valence electrons. The van der Waals surface area contributed by atoms with E-state index in [-0.39, 0.29) is 17.5 Å². The van der Waals surface area contributed by atoms with Crippen molar-refractivity contribution in [1.82, 2.24) is 24.9 Å². The Labute approximate surface area is 129 Å². The number of aromatic nitrogens is 4. The largest absolute Gasteiger partial charge is 0.453 e. The van der Waals surface area contributed by atoms with Crippen molar-refractivity contribution in [1.29, 1.82) is 0 Å². The van der Waals surface area contributed by atoms with Crippen LogP contribution in [-0.4, -0.2) is 38.1 Å². The standard InChI is InChI=1S/C13H15F3N6O/c1-7-6-9(19-8-4-2-3-5-17-10(8)23)22-12(18-7)20-11(21-22)13(14,15)16/h6,8,19H,2-5H2,1H3,(H,17,23). The third-order valence-electron chi connectivity index (χ3n) is 3.55. The Kier molecular flexibility index (Phi) is 3.82. The van der Waals surface area contributed by atoms with Crippen molar-refractivity contribution in [2.45, 2.75) is 38.4 Å². The average Bonchev–Trinajstić information content (AvgIpc) is 2.79. The molecule has 0 aromatic carbocycles. The molecule has 7 nitrogen and oxygen atoms in total. The first kappa shape index (κ1) is 15.5. The second-order valence-corrected chi connectivity index (χ2v) is 5.41. The van der Waals surface area contributed by atoms with Crippen LogP contribution in [0.25, 0.3) is 5.78 Å². The first-order valence-corrected chi connectivity index (χ1v) is 7.20. The maximum absolute atomic E-state index is 12.8. The Morgan fingerprint density at radius 2 is 2.13 bits per heavy atom. The van der Waals surface area contributed by atoms with Crippen molar-refractivity contribution >= 4 is 17.5 Å². The Balaban J connectivity index is 1.99. The number of amides is 1. The quantitative estimate of drug-likeness (QED) is 0.873. The zero-order valence-electron chi connectivity index (χ0n) is 12.3. The second-order valence-electron chi connectivity index (χ2n) is 5.41. The average molecular weight is 328 g/mol. The van der Waals surface area contributed by atoms with Gasteiger partial charge in [-0.2, -0.15) is 22.7 Å². The molecule has 0 radical (unpaired) electrons. The molecular weight excluding hydrogens is 313 g/mol. The van der Waals surface area contributed by atoms with Crippen LogP contribution in [0.15, 0.2) is 6.07 Å². The highest BCUT2D eigenvalue weighted by Gasteiger charge is 2.37. The van der Waals surface area contributed by atoms with E-state index >= 15 is 0 Å². The summed E-state index contributed by atoms with van der Waals surface area (Å²) in [6.07, 6.45) is -2.35. The zero-order chi connectivity index (χ0) is 16.6. The number of hydrogen-bond donors (Lipinski definition) is 2. The predicted octanol–water partition coefficient (Wildman–Crippen LogP) is 1.53. The molecule has 1 aliphatic heterocycles. The van der Waals surface area contributed by atoms with Crippen molar-refractivity contribution in [3.05, 3.63) is 17.6 Å². The van der Waals surface area contributed by atoms with E-state index in [4.69, 9.17) is 0 Å². The fourth-order valence-electron chi connectivity index (χ4n) is 2.47. The monoisotopic (exact) mass is 328 g/mol. The summed E-state index contributed by atoms with van der Waals surface area (Å²) < 4.78 is 39.3. The third-order valence-corrected chi connectivity index (χ3v) is 3.55. The summed E-state index contributed by atoms with van der Waals surface area (Å²) >= 11 is 0. The SMILES string of the molecule is Cc1cc(NC2CCCCNC2=O)n2nc(C(F)(F)F)nc2n1. The van der Waals surface area contributed by atoms with Gasteiger partial charge in [-0.3, -0.25) is 4.79 Å². The number of alkyl halides is 3. The van der Waals surface area contributed by atoms with Crippen LogP contribution in [0.5, 0.6) is 0 Å². The smallest absolute Gasteiger partial charge is 0.358 e. The minimum absolute atomic E-state index is 0.158. The molecule has 2 aromatic rings. The van der Waals surface area contributed by atoms with Gasteiger partial charge in [0.05, 0.1) is 0 Å². The molecule has 3 rings (SSSR count). The van der Waals surface area contributed by atoms with Gasteiger partial charge in [0.15, 0.2) is 0 Å². The summed E-state index contributed by atoms with van der Waals surface area (Å²) in [5, 5.41) is 9.19. The summed E-state index contributed by atoms with van der Waals surface area (Å²) in [6, 6.07) is 1.01. The van der Waals surface area contributed by atoms with Gasteiger partial charge in [-0.15, -0.1) is 5.10 Å². The van der Waals surface area contributed by atoms with Crippen molar-refractivity contribution in [3.8, 4) is 0 Å². The Bertz CT molecular complexity index is 741. The Morgan fingerprint density at radius 3 is 2.87 bits per heavy atom. The lowest BCUT2D eigenvalue weighted by atomic mass is 10.1. The number of nitrogens with one attached hydrogen (secondary N) is 2.